The van der Waals surface area contributed by atoms with E-state index in [4.69, 9.17) is 0 Å². The standard InChI is InChI=1S/C6H4BrN3/c7-6-1-4-2-8-9-3-5(4)10-6/h1-3,10H. The predicted molar refractivity (Wildman–Crippen MR) is 41.6 cm³/mol. The minimum Gasteiger partial charge on any atom is -0.348 e. The molecule has 4 heteroatoms. The quantitative estimate of drug-likeness (QED) is 0.700. The summed E-state index contributed by atoms with van der Waals surface area (Å²) >= 11 is 3.31. The second-order valence-electron chi connectivity index (χ2n) is 1.98. The van der Waals surface area contributed by atoms with Gasteiger partial charge in [-0.1, -0.05) is 0 Å². The van der Waals surface area contributed by atoms with E-state index < -0.39 is 0 Å². The number of nitrogens with zero attached hydrogens (tertiary/aromatic N) is 2. The van der Waals surface area contributed by atoms with Crippen LogP contribution < -0.4 is 0 Å². The Labute approximate surface area is 65.6 Å². The SMILES string of the molecule is Brc1cc2cnncc2[nH]1. The lowest BCUT2D eigenvalue weighted by Crippen LogP contribution is -1.75. The van der Waals surface area contributed by atoms with Crippen LogP contribution in [0.5, 0.6) is 0 Å². The summed E-state index contributed by atoms with van der Waals surface area (Å²) in [6.45, 7) is 0. The highest BCUT2D eigenvalue weighted by molar-refractivity contribution is 9.10. The zero-order valence-corrected chi connectivity index (χ0v) is 6.59. The van der Waals surface area contributed by atoms with Crippen LogP contribution in [0.25, 0.3) is 10.9 Å². The topological polar surface area (TPSA) is 41.6 Å². The number of rotatable bonds is 0. The Morgan fingerprint density at radius 1 is 1.30 bits per heavy atom. The molecule has 2 aromatic rings. The molecular formula is C6H4BrN3. The third kappa shape index (κ3) is 0.806. The highest BCUT2D eigenvalue weighted by Crippen LogP contribution is 2.16. The lowest BCUT2D eigenvalue weighted by molar-refractivity contribution is 1.05. The van der Waals surface area contributed by atoms with Crippen molar-refractivity contribution in [1.82, 2.24) is 15.2 Å². The van der Waals surface area contributed by atoms with Gasteiger partial charge in [-0.05, 0) is 22.0 Å². The van der Waals surface area contributed by atoms with E-state index in [1.165, 1.54) is 0 Å². The molecule has 2 heterocycles. The molecule has 2 rings (SSSR count). The minimum absolute atomic E-state index is 0.956. The van der Waals surface area contributed by atoms with Crippen LogP contribution in [0, 0.1) is 0 Å². The molecule has 50 valence electrons. The van der Waals surface area contributed by atoms with Crippen LogP contribution in [0.1, 0.15) is 0 Å². The van der Waals surface area contributed by atoms with Gasteiger partial charge >= 0.3 is 0 Å². The van der Waals surface area contributed by atoms with Crippen molar-refractivity contribution in [3.63, 3.8) is 0 Å². The summed E-state index contributed by atoms with van der Waals surface area (Å²) in [4.78, 5) is 3.07. The summed E-state index contributed by atoms with van der Waals surface area (Å²) in [6.07, 6.45) is 3.41. The first-order valence-electron chi connectivity index (χ1n) is 2.81. The van der Waals surface area contributed by atoms with Crippen LogP contribution in [0.4, 0.5) is 0 Å². The van der Waals surface area contributed by atoms with Crippen molar-refractivity contribution in [3.05, 3.63) is 23.1 Å². The first kappa shape index (κ1) is 5.85. The number of nitrogens with one attached hydrogen (secondary N) is 1. The highest BCUT2D eigenvalue weighted by Gasteiger charge is 1.95. The fraction of sp³-hybridized carbons (Fsp3) is 0. The van der Waals surface area contributed by atoms with E-state index in [0.717, 1.165) is 15.5 Å². The molecule has 0 unspecified atom stereocenters. The van der Waals surface area contributed by atoms with E-state index in [2.05, 4.69) is 31.1 Å². The van der Waals surface area contributed by atoms with Crippen LogP contribution in [-0.4, -0.2) is 15.2 Å². The number of hydrogen-bond acceptors (Lipinski definition) is 2. The second-order valence-corrected chi connectivity index (χ2v) is 2.83. The summed E-state index contributed by atoms with van der Waals surface area (Å²) in [5, 5.41) is 8.53. The van der Waals surface area contributed by atoms with Crippen LogP contribution in [-0.2, 0) is 0 Å². The Balaban J connectivity index is 2.88. The van der Waals surface area contributed by atoms with Gasteiger partial charge < -0.3 is 4.98 Å². The molecule has 1 N–H and O–H groups in total. The van der Waals surface area contributed by atoms with Crippen molar-refractivity contribution in [2.24, 2.45) is 0 Å². The van der Waals surface area contributed by atoms with Gasteiger partial charge in [-0.2, -0.15) is 10.2 Å². The summed E-state index contributed by atoms with van der Waals surface area (Å²) in [6, 6.07) is 1.96. The third-order valence-corrected chi connectivity index (χ3v) is 1.72. The molecular weight excluding hydrogens is 194 g/mol. The lowest BCUT2D eigenvalue weighted by Gasteiger charge is -1.81. The molecule has 0 amide bonds. The van der Waals surface area contributed by atoms with Gasteiger partial charge in [0.1, 0.15) is 0 Å². The van der Waals surface area contributed by atoms with Gasteiger partial charge in [-0.25, -0.2) is 0 Å². The maximum Gasteiger partial charge on any atom is 0.0831 e. The molecule has 0 aliphatic rings. The Hall–Kier alpha value is -0.900. The summed E-state index contributed by atoms with van der Waals surface area (Å²) in [5.74, 6) is 0. The average Bonchev–Trinajstić information content (AvgIpc) is 2.27. The number of aromatic nitrogens is 3. The summed E-state index contributed by atoms with van der Waals surface area (Å²) in [7, 11) is 0. The third-order valence-electron chi connectivity index (χ3n) is 1.30. The number of hydrogen-bond donors (Lipinski definition) is 1. The molecule has 0 saturated carbocycles. The average molecular weight is 198 g/mol. The Morgan fingerprint density at radius 2 is 2.10 bits per heavy atom. The molecule has 2 aromatic heterocycles. The summed E-state index contributed by atoms with van der Waals surface area (Å²) in [5.41, 5.74) is 1.00. The van der Waals surface area contributed by atoms with Gasteiger partial charge in [0.05, 0.1) is 22.5 Å². The number of aromatic amines is 1. The van der Waals surface area contributed by atoms with Gasteiger partial charge in [-0.15, -0.1) is 0 Å². The fourth-order valence-corrected chi connectivity index (χ4v) is 1.31. The molecule has 10 heavy (non-hydrogen) atoms. The van der Waals surface area contributed by atoms with Crippen LogP contribution >= 0.6 is 15.9 Å². The zero-order valence-electron chi connectivity index (χ0n) is 5.00. The van der Waals surface area contributed by atoms with Crippen molar-refractivity contribution >= 4 is 26.8 Å². The molecule has 0 aliphatic carbocycles. The summed E-state index contributed by atoms with van der Waals surface area (Å²) < 4.78 is 0.956. The number of fused-ring (bicyclic) bond motifs is 1. The molecule has 0 atom stereocenters. The van der Waals surface area contributed by atoms with E-state index in [9.17, 15) is 0 Å². The predicted octanol–water partition coefficient (Wildman–Crippen LogP) is 1.72. The molecule has 0 spiro atoms. The molecule has 0 saturated heterocycles. The first-order chi connectivity index (χ1) is 4.86. The van der Waals surface area contributed by atoms with E-state index >= 15 is 0 Å². The van der Waals surface area contributed by atoms with Crippen molar-refractivity contribution in [2.45, 2.75) is 0 Å². The molecule has 0 aliphatic heterocycles. The van der Waals surface area contributed by atoms with Crippen molar-refractivity contribution in [3.8, 4) is 0 Å². The lowest BCUT2D eigenvalue weighted by atomic mass is 10.4. The maximum absolute atomic E-state index is 3.74. The normalized spacial score (nSPS) is 10.5. The monoisotopic (exact) mass is 197 g/mol. The zero-order chi connectivity index (χ0) is 6.97. The van der Waals surface area contributed by atoms with Gasteiger partial charge in [0.2, 0.25) is 0 Å². The number of H-pyrrole nitrogens is 1. The van der Waals surface area contributed by atoms with E-state index in [1.54, 1.807) is 12.4 Å². The molecule has 3 nitrogen and oxygen atoms in total. The fourth-order valence-electron chi connectivity index (χ4n) is 0.851. The van der Waals surface area contributed by atoms with Gasteiger partial charge in [-0.3, -0.25) is 0 Å². The minimum atomic E-state index is 0.956. The molecule has 0 aromatic carbocycles. The van der Waals surface area contributed by atoms with Gasteiger partial charge in [0.25, 0.3) is 0 Å². The van der Waals surface area contributed by atoms with Gasteiger partial charge in [0.15, 0.2) is 0 Å². The van der Waals surface area contributed by atoms with Crippen molar-refractivity contribution in [1.29, 1.82) is 0 Å². The second kappa shape index (κ2) is 2.05. The Morgan fingerprint density at radius 3 is 2.90 bits per heavy atom. The largest absolute Gasteiger partial charge is 0.348 e. The van der Waals surface area contributed by atoms with E-state index in [1.807, 2.05) is 6.07 Å². The smallest absolute Gasteiger partial charge is 0.0831 e. The van der Waals surface area contributed by atoms with Crippen molar-refractivity contribution in [2.75, 3.05) is 0 Å². The molecule has 0 bridgehead atoms. The maximum atomic E-state index is 3.74. The Kier molecular flexibility index (Phi) is 1.20. The van der Waals surface area contributed by atoms with E-state index in [0.29, 0.717) is 0 Å². The Bertz CT molecular complexity index is 322. The molecule has 0 radical (unpaired) electrons. The van der Waals surface area contributed by atoms with Gasteiger partial charge in [0, 0.05) is 5.39 Å². The molecule has 0 fully saturated rings. The van der Waals surface area contributed by atoms with Crippen molar-refractivity contribution < 1.29 is 0 Å². The first-order valence-corrected chi connectivity index (χ1v) is 3.60. The highest BCUT2D eigenvalue weighted by atomic mass is 79.9. The van der Waals surface area contributed by atoms with Crippen LogP contribution in [0.3, 0.4) is 0 Å². The van der Waals surface area contributed by atoms with Crippen LogP contribution in [0.2, 0.25) is 0 Å². The number of halogens is 1. The van der Waals surface area contributed by atoms with E-state index in [-0.39, 0.29) is 0 Å². The van der Waals surface area contributed by atoms with Crippen LogP contribution in [0.15, 0.2) is 23.1 Å².